The Morgan fingerprint density at radius 3 is 2.80 bits per heavy atom. The molecule has 1 atom stereocenters. The van der Waals surface area contributed by atoms with Gasteiger partial charge in [-0.1, -0.05) is 12.1 Å². The molecule has 1 aliphatic carbocycles. The van der Waals surface area contributed by atoms with E-state index in [1.807, 2.05) is 24.4 Å². The Hall–Kier alpha value is -2.21. The molecule has 2 heterocycles. The summed E-state index contributed by atoms with van der Waals surface area (Å²) in [6.07, 6.45) is 4.77. The van der Waals surface area contributed by atoms with E-state index in [0.29, 0.717) is 6.54 Å². The van der Waals surface area contributed by atoms with Gasteiger partial charge < -0.3 is 5.32 Å². The maximum Gasteiger partial charge on any atom is 0.223 e. The molecule has 1 aliphatic heterocycles. The molecule has 1 amide bonds. The van der Waals surface area contributed by atoms with E-state index in [1.165, 1.54) is 17.8 Å². The second kappa shape index (κ2) is 6.96. The topological polar surface area (TPSA) is 50.2 Å². The number of rotatable bonds is 6. The van der Waals surface area contributed by atoms with Gasteiger partial charge in [-0.05, 0) is 43.0 Å². The van der Waals surface area contributed by atoms with Crippen molar-refractivity contribution in [3.05, 3.63) is 53.6 Å². The lowest BCUT2D eigenvalue weighted by molar-refractivity contribution is -0.122. The van der Waals surface area contributed by atoms with Crippen LogP contribution in [-0.4, -0.2) is 33.7 Å². The second-order valence-electron chi connectivity index (χ2n) is 7.07. The molecular weight excluding hydrogens is 319 g/mol. The van der Waals surface area contributed by atoms with Crippen LogP contribution in [0.5, 0.6) is 0 Å². The zero-order valence-electron chi connectivity index (χ0n) is 14.2. The Labute approximate surface area is 146 Å². The molecule has 5 nitrogen and oxygen atoms in total. The first-order chi connectivity index (χ1) is 12.2. The molecule has 2 aromatic rings. The first-order valence-corrected chi connectivity index (χ1v) is 8.96. The van der Waals surface area contributed by atoms with Crippen LogP contribution in [0.15, 0.2) is 36.5 Å². The fourth-order valence-electron chi connectivity index (χ4n) is 3.50. The molecule has 1 N–H and O–H groups in total. The van der Waals surface area contributed by atoms with Crippen LogP contribution in [0.25, 0.3) is 0 Å². The van der Waals surface area contributed by atoms with Gasteiger partial charge in [-0.3, -0.25) is 14.4 Å². The van der Waals surface area contributed by atoms with Gasteiger partial charge in [-0.25, -0.2) is 4.39 Å². The molecular formula is C19H23FN4O. The number of halogens is 1. The number of amides is 1. The molecule has 0 saturated heterocycles. The number of hydrogen-bond donors (Lipinski definition) is 1. The van der Waals surface area contributed by atoms with Crippen LogP contribution in [0.2, 0.25) is 0 Å². The standard InChI is InChI=1S/C19H23FN4O/c20-16-5-1-14(2-6-16)11-23-12-17(24-18(13-23)8-10-22-24)7-9-21-19(25)15-3-4-15/h1-2,5-6,8,10,15,17H,3-4,7,9,11-13H2,(H,21,25). The van der Waals surface area contributed by atoms with E-state index in [-0.39, 0.29) is 23.7 Å². The molecule has 1 fully saturated rings. The van der Waals surface area contributed by atoms with Gasteiger partial charge in [0.15, 0.2) is 0 Å². The van der Waals surface area contributed by atoms with E-state index in [1.54, 1.807) is 0 Å². The second-order valence-corrected chi connectivity index (χ2v) is 7.07. The Morgan fingerprint density at radius 2 is 2.04 bits per heavy atom. The number of nitrogens with zero attached hydrogens (tertiary/aromatic N) is 3. The molecule has 1 unspecified atom stereocenters. The predicted octanol–water partition coefficient (Wildman–Crippen LogP) is 2.50. The predicted molar refractivity (Wildman–Crippen MR) is 92.1 cm³/mol. The number of benzene rings is 1. The third-order valence-electron chi connectivity index (χ3n) is 5.00. The first-order valence-electron chi connectivity index (χ1n) is 8.96. The smallest absolute Gasteiger partial charge is 0.223 e. The van der Waals surface area contributed by atoms with Crippen LogP contribution in [0.4, 0.5) is 4.39 Å². The molecule has 0 bridgehead atoms. The highest BCUT2D eigenvalue weighted by molar-refractivity contribution is 5.80. The van der Waals surface area contributed by atoms with Gasteiger partial charge >= 0.3 is 0 Å². The SMILES string of the molecule is O=C(NCCC1CN(Cc2ccc(F)cc2)Cc2ccnn21)C1CC1. The molecule has 6 heteroatoms. The number of fused-ring (bicyclic) bond motifs is 1. The average molecular weight is 342 g/mol. The van der Waals surface area contributed by atoms with Crippen LogP contribution in [-0.2, 0) is 17.9 Å². The minimum Gasteiger partial charge on any atom is -0.356 e. The fourth-order valence-corrected chi connectivity index (χ4v) is 3.50. The Kier molecular flexibility index (Phi) is 4.53. The third kappa shape index (κ3) is 3.90. The molecule has 2 aliphatic rings. The monoisotopic (exact) mass is 342 g/mol. The summed E-state index contributed by atoms with van der Waals surface area (Å²) in [6.45, 7) is 3.19. The van der Waals surface area contributed by atoms with Gasteiger partial charge in [0.1, 0.15) is 5.82 Å². The highest BCUT2D eigenvalue weighted by Gasteiger charge is 2.30. The summed E-state index contributed by atoms with van der Waals surface area (Å²) in [7, 11) is 0. The Morgan fingerprint density at radius 1 is 1.24 bits per heavy atom. The summed E-state index contributed by atoms with van der Waals surface area (Å²) in [6, 6.07) is 8.99. The van der Waals surface area contributed by atoms with E-state index < -0.39 is 0 Å². The molecule has 1 aromatic carbocycles. The van der Waals surface area contributed by atoms with Gasteiger partial charge in [0.25, 0.3) is 0 Å². The molecule has 4 rings (SSSR count). The number of aromatic nitrogens is 2. The van der Waals surface area contributed by atoms with Crippen LogP contribution >= 0.6 is 0 Å². The minimum absolute atomic E-state index is 0.194. The van der Waals surface area contributed by atoms with E-state index >= 15 is 0 Å². The quantitative estimate of drug-likeness (QED) is 0.877. The number of carbonyl (C=O) groups is 1. The Balaban J connectivity index is 1.38. The lowest BCUT2D eigenvalue weighted by atomic mass is 10.1. The van der Waals surface area contributed by atoms with Gasteiger partial charge in [0, 0.05) is 38.3 Å². The number of nitrogens with one attached hydrogen (secondary N) is 1. The maximum absolute atomic E-state index is 13.1. The van der Waals surface area contributed by atoms with E-state index in [9.17, 15) is 9.18 Å². The maximum atomic E-state index is 13.1. The summed E-state index contributed by atoms with van der Waals surface area (Å²) in [5.41, 5.74) is 2.29. The van der Waals surface area contributed by atoms with Crippen molar-refractivity contribution in [3.8, 4) is 0 Å². The van der Waals surface area contributed by atoms with Crippen molar-refractivity contribution in [2.24, 2.45) is 5.92 Å². The van der Waals surface area contributed by atoms with Crippen molar-refractivity contribution < 1.29 is 9.18 Å². The van der Waals surface area contributed by atoms with Crippen LogP contribution in [0, 0.1) is 11.7 Å². The van der Waals surface area contributed by atoms with Gasteiger partial charge in [-0.2, -0.15) is 5.10 Å². The average Bonchev–Trinajstić information content (AvgIpc) is 3.35. The largest absolute Gasteiger partial charge is 0.356 e. The van der Waals surface area contributed by atoms with Gasteiger partial charge in [0.05, 0.1) is 11.7 Å². The third-order valence-corrected chi connectivity index (χ3v) is 5.00. The molecule has 1 aromatic heterocycles. The van der Waals surface area contributed by atoms with Gasteiger partial charge in [0.2, 0.25) is 5.91 Å². The Bertz CT molecular complexity index is 738. The lowest BCUT2D eigenvalue weighted by Crippen LogP contribution is -2.39. The molecule has 1 saturated carbocycles. The van der Waals surface area contributed by atoms with E-state index in [2.05, 4.69) is 20.0 Å². The number of hydrogen-bond acceptors (Lipinski definition) is 3. The van der Waals surface area contributed by atoms with E-state index in [4.69, 9.17) is 0 Å². The van der Waals surface area contributed by atoms with Crippen molar-refractivity contribution >= 4 is 5.91 Å². The summed E-state index contributed by atoms with van der Waals surface area (Å²) >= 11 is 0. The van der Waals surface area contributed by atoms with Crippen LogP contribution in [0.3, 0.4) is 0 Å². The van der Waals surface area contributed by atoms with Crippen LogP contribution < -0.4 is 5.32 Å². The molecule has 0 radical (unpaired) electrons. The molecule has 25 heavy (non-hydrogen) atoms. The normalized spacial score (nSPS) is 20.3. The van der Waals surface area contributed by atoms with Crippen molar-refractivity contribution in [2.75, 3.05) is 13.1 Å². The van der Waals surface area contributed by atoms with Gasteiger partial charge in [-0.15, -0.1) is 0 Å². The summed E-state index contributed by atoms with van der Waals surface area (Å²) in [4.78, 5) is 14.2. The minimum atomic E-state index is -0.204. The van der Waals surface area contributed by atoms with Crippen molar-refractivity contribution in [1.29, 1.82) is 0 Å². The zero-order valence-corrected chi connectivity index (χ0v) is 14.2. The van der Waals surface area contributed by atoms with Crippen LogP contribution in [0.1, 0.15) is 36.6 Å². The summed E-state index contributed by atoms with van der Waals surface area (Å²) in [5.74, 6) is 0.242. The molecule has 132 valence electrons. The van der Waals surface area contributed by atoms with Crippen molar-refractivity contribution in [3.63, 3.8) is 0 Å². The van der Waals surface area contributed by atoms with Crippen molar-refractivity contribution in [1.82, 2.24) is 20.0 Å². The highest BCUT2D eigenvalue weighted by atomic mass is 19.1. The molecule has 0 spiro atoms. The summed E-state index contributed by atoms with van der Waals surface area (Å²) in [5, 5.41) is 7.51. The lowest BCUT2D eigenvalue weighted by Gasteiger charge is -2.34. The highest BCUT2D eigenvalue weighted by Crippen LogP contribution is 2.29. The van der Waals surface area contributed by atoms with Crippen molar-refractivity contribution in [2.45, 2.75) is 38.4 Å². The van der Waals surface area contributed by atoms with E-state index in [0.717, 1.165) is 44.5 Å². The fraction of sp³-hybridized carbons (Fsp3) is 0.474. The summed E-state index contributed by atoms with van der Waals surface area (Å²) < 4.78 is 15.2. The number of carbonyl (C=O) groups excluding carboxylic acids is 1. The first kappa shape index (κ1) is 16.3. The zero-order chi connectivity index (χ0) is 17.2.